The van der Waals surface area contributed by atoms with E-state index in [1.807, 2.05) is 20.8 Å². The number of esters is 1. The number of aryl methyl sites for hydroxylation is 1. The van der Waals surface area contributed by atoms with Crippen molar-refractivity contribution >= 4 is 11.9 Å². The zero-order valence-electron chi connectivity index (χ0n) is 13.5. The topological polar surface area (TPSA) is 105 Å². The predicted octanol–water partition coefficient (Wildman–Crippen LogP) is 1.39. The van der Waals surface area contributed by atoms with Crippen LogP contribution in [0.3, 0.4) is 0 Å². The number of carbonyl (C=O) groups is 2. The first-order valence-corrected chi connectivity index (χ1v) is 7.18. The molecule has 2 atom stereocenters. The van der Waals surface area contributed by atoms with Gasteiger partial charge in [-0.3, -0.25) is 9.59 Å². The van der Waals surface area contributed by atoms with Crippen molar-refractivity contribution in [2.75, 3.05) is 6.61 Å². The average molecular weight is 308 g/mol. The number of nitrogens with two attached hydrogens (primary N) is 2. The molecule has 1 rings (SSSR count). The molecule has 0 spiro atoms. The summed E-state index contributed by atoms with van der Waals surface area (Å²) in [6.45, 7) is 7.20. The second-order valence-electron chi connectivity index (χ2n) is 5.62. The van der Waals surface area contributed by atoms with Crippen LogP contribution in [-0.4, -0.2) is 30.6 Å². The lowest BCUT2D eigenvalue weighted by molar-refractivity contribution is -0.149. The highest BCUT2D eigenvalue weighted by Crippen LogP contribution is 2.20. The van der Waals surface area contributed by atoms with Crippen LogP contribution >= 0.6 is 0 Å². The Kier molecular flexibility index (Phi) is 6.37. The van der Waals surface area contributed by atoms with E-state index in [0.717, 1.165) is 5.56 Å². The van der Waals surface area contributed by atoms with Crippen LogP contribution in [0, 0.1) is 12.8 Å². The van der Waals surface area contributed by atoms with Gasteiger partial charge >= 0.3 is 5.97 Å². The van der Waals surface area contributed by atoms with Crippen molar-refractivity contribution in [2.45, 2.75) is 39.8 Å². The van der Waals surface area contributed by atoms with E-state index in [0.29, 0.717) is 11.3 Å². The van der Waals surface area contributed by atoms with Crippen LogP contribution in [0.5, 0.6) is 5.75 Å². The summed E-state index contributed by atoms with van der Waals surface area (Å²) in [5.74, 6) is -0.149. The summed E-state index contributed by atoms with van der Waals surface area (Å²) in [5.41, 5.74) is 12.5. The normalized spacial score (nSPS) is 13.5. The predicted molar refractivity (Wildman–Crippen MR) is 83.6 cm³/mol. The minimum Gasteiger partial charge on any atom is -0.489 e. The molecule has 2 unspecified atom stereocenters. The minimum atomic E-state index is -0.535. The molecule has 0 aromatic heterocycles. The summed E-state index contributed by atoms with van der Waals surface area (Å²) in [6.07, 6.45) is -0.535. The molecule has 1 aromatic carbocycles. The van der Waals surface area contributed by atoms with Crippen molar-refractivity contribution in [3.63, 3.8) is 0 Å². The summed E-state index contributed by atoms with van der Waals surface area (Å²) in [6, 6.07) is 4.59. The van der Waals surface area contributed by atoms with Gasteiger partial charge in [0.25, 0.3) is 0 Å². The number of carbonyl (C=O) groups excluding carboxylic acids is 2. The van der Waals surface area contributed by atoms with Crippen LogP contribution in [0.15, 0.2) is 18.2 Å². The molecular formula is C16H24N2O4. The van der Waals surface area contributed by atoms with Gasteiger partial charge in [-0.2, -0.15) is 0 Å². The zero-order valence-corrected chi connectivity index (χ0v) is 13.5. The molecule has 1 aromatic rings. The van der Waals surface area contributed by atoms with Gasteiger partial charge in [0.15, 0.2) is 6.10 Å². The third kappa shape index (κ3) is 5.04. The van der Waals surface area contributed by atoms with E-state index >= 15 is 0 Å². The summed E-state index contributed by atoms with van der Waals surface area (Å²) in [5, 5.41) is 0. The standard InChI is InChI=1S/C16H24N2O4/c1-9(2)15(17)14(22-11(4)19)8-21-13-6-5-12(16(18)20)7-10(13)3/h5-7,9,14-15H,8,17H2,1-4H3,(H2,18,20). The third-order valence-corrected chi connectivity index (χ3v) is 3.38. The Bertz CT molecular complexity index is 543. The maximum Gasteiger partial charge on any atom is 0.303 e. The SMILES string of the molecule is CC(=O)OC(COc1ccc(C(N)=O)cc1C)C(N)C(C)C. The molecular weight excluding hydrogens is 284 g/mol. The quantitative estimate of drug-likeness (QED) is 0.741. The van der Waals surface area contributed by atoms with Gasteiger partial charge in [-0.25, -0.2) is 0 Å². The fraction of sp³-hybridized carbons (Fsp3) is 0.500. The zero-order chi connectivity index (χ0) is 16.9. The first-order valence-electron chi connectivity index (χ1n) is 7.18. The Morgan fingerprint density at radius 3 is 2.36 bits per heavy atom. The van der Waals surface area contributed by atoms with Gasteiger partial charge in [0, 0.05) is 18.5 Å². The highest BCUT2D eigenvalue weighted by Gasteiger charge is 2.24. The molecule has 0 aliphatic heterocycles. The van der Waals surface area contributed by atoms with Crippen molar-refractivity contribution < 1.29 is 19.1 Å². The largest absolute Gasteiger partial charge is 0.489 e. The van der Waals surface area contributed by atoms with Crippen LogP contribution in [-0.2, 0) is 9.53 Å². The Morgan fingerprint density at radius 2 is 1.91 bits per heavy atom. The summed E-state index contributed by atoms with van der Waals surface area (Å²) in [4.78, 5) is 22.3. The second kappa shape index (κ2) is 7.79. The highest BCUT2D eigenvalue weighted by atomic mass is 16.6. The molecule has 0 aliphatic rings. The van der Waals surface area contributed by atoms with Crippen molar-refractivity contribution in [3.8, 4) is 5.75 Å². The molecule has 0 saturated heterocycles. The van der Waals surface area contributed by atoms with Gasteiger partial charge in [0.1, 0.15) is 12.4 Å². The van der Waals surface area contributed by atoms with Gasteiger partial charge in [0.05, 0.1) is 0 Å². The molecule has 0 bridgehead atoms. The first kappa shape index (κ1) is 18.0. The fourth-order valence-electron chi connectivity index (χ4n) is 2.00. The molecule has 0 saturated carbocycles. The van der Waals surface area contributed by atoms with Crippen LogP contribution in [0.4, 0.5) is 0 Å². The molecule has 0 radical (unpaired) electrons. The Hall–Kier alpha value is -2.08. The van der Waals surface area contributed by atoms with E-state index in [1.54, 1.807) is 18.2 Å². The number of hydrogen-bond donors (Lipinski definition) is 2. The number of primary amides is 1. The van der Waals surface area contributed by atoms with Gasteiger partial charge in [-0.1, -0.05) is 13.8 Å². The molecule has 4 N–H and O–H groups in total. The van der Waals surface area contributed by atoms with E-state index in [9.17, 15) is 9.59 Å². The molecule has 0 heterocycles. The van der Waals surface area contributed by atoms with Gasteiger partial charge in [0.2, 0.25) is 5.91 Å². The van der Waals surface area contributed by atoms with Gasteiger partial charge in [-0.15, -0.1) is 0 Å². The third-order valence-electron chi connectivity index (χ3n) is 3.38. The lowest BCUT2D eigenvalue weighted by Crippen LogP contribution is -2.45. The van der Waals surface area contributed by atoms with Crippen LogP contribution < -0.4 is 16.2 Å². The lowest BCUT2D eigenvalue weighted by atomic mass is 10.00. The fourth-order valence-corrected chi connectivity index (χ4v) is 2.00. The highest BCUT2D eigenvalue weighted by molar-refractivity contribution is 5.93. The summed E-state index contributed by atoms with van der Waals surface area (Å²) >= 11 is 0. The number of benzene rings is 1. The van der Waals surface area contributed by atoms with Gasteiger partial charge in [-0.05, 0) is 36.6 Å². The average Bonchev–Trinajstić information content (AvgIpc) is 2.42. The molecule has 0 fully saturated rings. The number of amides is 1. The van der Waals surface area contributed by atoms with Crippen LogP contribution in [0.25, 0.3) is 0 Å². The van der Waals surface area contributed by atoms with Gasteiger partial charge < -0.3 is 20.9 Å². The molecule has 6 nitrogen and oxygen atoms in total. The number of rotatable bonds is 7. The first-order chi connectivity index (χ1) is 10.2. The molecule has 0 aliphatic carbocycles. The molecule has 22 heavy (non-hydrogen) atoms. The van der Waals surface area contributed by atoms with E-state index in [4.69, 9.17) is 20.9 Å². The van der Waals surface area contributed by atoms with E-state index in [2.05, 4.69) is 0 Å². The minimum absolute atomic E-state index is 0.145. The monoisotopic (exact) mass is 308 g/mol. The van der Waals surface area contributed by atoms with E-state index < -0.39 is 18.0 Å². The van der Waals surface area contributed by atoms with Crippen LogP contribution in [0.2, 0.25) is 0 Å². The van der Waals surface area contributed by atoms with Crippen molar-refractivity contribution in [2.24, 2.45) is 17.4 Å². The van der Waals surface area contributed by atoms with Crippen molar-refractivity contribution in [1.82, 2.24) is 0 Å². The Morgan fingerprint density at radius 1 is 1.27 bits per heavy atom. The summed E-state index contributed by atoms with van der Waals surface area (Å²) < 4.78 is 10.9. The number of ether oxygens (including phenoxy) is 2. The maximum absolute atomic E-state index is 11.2. The molecule has 6 heteroatoms. The van der Waals surface area contributed by atoms with Crippen LogP contribution in [0.1, 0.15) is 36.7 Å². The van der Waals surface area contributed by atoms with E-state index in [-0.39, 0.29) is 18.6 Å². The maximum atomic E-state index is 11.2. The summed E-state index contributed by atoms with van der Waals surface area (Å²) in [7, 11) is 0. The lowest BCUT2D eigenvalue weighted by Gasteiger charge is -2.26. The van der Waals surface area contributed by atoms with E-state index in [1.165, 1.54) is 6.92 Å². The molecule has 122 valence electrons. The Balaban J connectivity index is 2.80. The smallest absolute Gasteiger partial charge is 0.303 e. The second-order valence-corrected chi connectivity index (χ2v) is 5.62. The van der Waals surface area contributed by atoms with Crippen molar-refractivity contribution in [1.29, 1.82) is 0 Å². The number of hydrogen-bond acceptors (Lipinski definition) is 5. The Labute approximate surface area is 130 Å². The van der Waals surface area contributed by atoms with Crippen molar-refractivity contribution in [3.05, 3.63) is 29.3 Å². The molecule has 1 amide bonds.